The van der Waals surface area contributed by atoms with Crippen LogP contribution in [0, 0.1) is 11.3 Å². The Morgan fingerprint density at radius 1 is 1.35 bits per heavy atom. The molecule has 1 amide bonds. The number of aromatic nitrogens is 4. The zero-order valence-electron chi connectivity index (χ0n) is 16.9. The molecule has 4 rings (SSSR count). The molecule has 1 aliphatic rings. The van der Waals surface area contributed by atoms with Crippen molar-refractivity contribution >= 4 is 34.5 Å². The monoisotopic (exact) mass is 420 g/mol. The maximum atomic E-state index is 14.6. The fourth-order valence-electron chi connectivity index (χ4n) is 3.69. The molecular weight excluding hydrogens is 399 g/mol. The summed E-state index contributed by atoms with van der Waals surface area (Å²) in [5, 5.41) is 14.7. The second kappa shape index (κ2) is 8.39. The van der Waals surface area contributed by atoms with Gasteiger partial charge in [-0.1, -0.05) is 6.58 Å². The average Bonchev–Trinajstić information content (AvgIpc) is 3.09. The number of nitrogens with one attached hydrogen (secondary N) is 2. The molecule has 1 unspecified atom stereocenters. The predicted octanol–water partition coefficient (Wildman–Crippen LogP) is 2.39. The number of benzene rings is 1. The molecule has 1 saturated heterocycles. The molecule has 9 nitrogen and oxygen atoms in total. The van der Waals surface area contributed by atoms with E-state index in [1.54, 1.807) is 12.1 Å². The lowest BCUT2D eigenvalue weighted by atomic mass is 10.0. The molecule has 0 aliphatic carbocycles. The highest BCUT2D eigenvalue weighted by Gasteiger charge is 2.30. The number of nitrogens with zero attached hydrogens (tertiary/aromatic N) is 6. The fraction of sp³-hybridized carbons (Fsp3) is 0.286. The highest BCUT2D eigenvalue weighted by atomic mass is 19.1. The van der Waals surface area contributed by atoms with Crippen LogP contribution in [0.4, 0.5) is 22.0 Å². The van der Waals surface area contributed by atoms with Crippen LogP contribution in [-0.4, -0.2) is 50.7 Å². The first kappa shape index (κ1) is 20.3. The summed E-state index contributed by atoms with van der Waals surface area (Å²) in [5.41, 5.74) is 2.54. The van der Waals surface area contributed by atoms with Crippen LogP contribution < -0.4 is 15.5 Å². The zero-order valence-corrected chi connectivity index (χ0v) is 16.9. The Morgan fingerprint density at radius 3 is 2.84 bits per heavy atom. The van der Waals surface area contributed by atoms with Gasteiger partial charge in [-0.2, -0.15) is 5.26 Å². The van der Waals surface area contributed by atoms with E-state index in [2.05, 4.69) is 32.2 Å². The second-order valence-corrected chi connectivity index (χ2v) is 7.35. The van der Waals surface area contributed by atoms with Gasteiger partial charge in [-0.25, -0.2) is 19.3 Å². The van der Waals surface area contributed by atoms with Crippen molar-refractivity contribution in [2.75, 3.05) is 28.6 Å². The third kappa shape index (κ3) is 4.30. The third-order valence-corrected chi connectivity index (χ3v) is 5.11. The average molecular weight is 420 g/mol. The molecule has 1 aromatic carbocycles. The molecule has 1 fully saturated rings. The number of aryl methyl sites for hydroxylation is 1. The van der Waals surface area contributed by atoms with E-state index in [-0.39, 0.29) is 18.5 Å². The van der Waals surface area contributed by atoms with E-state index in [0.29, 0.717) is 41.6 Å². The number of nitriles is 1. The number of anilines is 3. The predicted molar refractivity (Wildman–Crippen MR) is 115 cm³/mol. The van der Waals surface area contributed by atoms with Gasteiger partial charge in [-0.15, -0.1) is 0 Å². The van der Waals surface area contributed by atoms with Crippen molar-refractivity contribution in [3.05, 3.63) is 48.8 Å². The van der Waals surface area contributed by atoms with E-state index in [4.69, 9.17) is 5.26 Å². The number of piperidine rings is 1. The molecule has 0 spiro atoms. The van der Waals surface area contributed by atoms with E-state index in [1.165, 1.54) is 18.5 Å². The van der Waals surface area contributed by atoms with Gasteiger partial charge in [0.1, 0.15) is 12.2 Å². The molecule has 0 bridgehead atoms. The fourth-order valence-corrected chi connectivity index (χ4v) is 3.69. The zero-order chi connectivity index (χ0) is 22.0. The van der Waals surface area contributed by atoms with E-state index < -0.39 is 6.17 Å². The number of hydrogen-bond donors (Lipinski definition) is 2. The topological polar surface area (TPSA) is 112 Å². The molecule has 3 aromatic rings. The normalized spacial score (nSPS) is 18.4. The number of carbonyl (C=O) groups excluding carboxylic acids is 1. The Morgan fingerprint density at radius 2 is 2.13 bits per heavy atom. The molecule has 1 aliphatic heterocycles. The number of amides is 1. The first-order valence-electron chi connectivity index (χ1n) is 9.74. The second-order valence-electron chi connectivity index (χ2n) is 7.35. The number of rotatable bonds is 5. The SMILES string of the molecule is C=CC(=O)Nc1ccc2c(c1)nc(N1CC(F)C[C@@H](Nc3ncc(C#N)cn3)C1)n2C. The van der Waals surface area contributed by atoms with Crippen LogP contribution in [0.3, 0.4) is 0 Å². The number of hydrogen-bond acceptors (Lipinski definition) is 7. The number of carbonyl (C=O) groups is 1. The van der Waals surface area contributed by atoms with E-state index in [1.807, 2.05) is 28.7 Å². The lowest BCUT2D eigenvalue weighted by Gasteiger charge is -2.35. The smallest absolute Gasteiger partial charge is 0.247 e. The van der Waals surface area contributed by atoms with Gasteiger partial charge in [0, 0.05) is 31.7 Å². The summed E-state index contributed by atoms with van der Waals surface area (Å²) in [4.78, 5) is 26.3. The lowest BCUT2D eigenvalue weighted by molar-refractivity contribution is -0.111. The molecule has 10 heteroatoms. The maximum absolute atomic E-state index is 14.6. The van der Waals surface area contributed by atoms with Gasteiger partial charge in [-0.05, 0) is 24.3 Å². The Balaban J connectivity index is 1.55. The van der Waals surface area contributed by atoms with Crippen molar-refractivity contribution in [3.63, 3.8) is 0 Å². The van der Waals surface area contributed by atoms with Crippen molar-refractivity contribution in [2.24, 2.45) is 7.05 Å². The standard InChI is InChI=1S/C21H21FN8O/c1-3-19(31)26-15-4-5-18-17(7-15)28-21(29(18)2)30-11-14(22)6-16(12-30)27-20-24-9-13(8-23)10-25-20/h3-5,7,9-10,14,16H,1,6,11-12H2,2H3,(H,26,31)(H,24,25,27)/t14?,16-/m1/s1. The largest absolute Gasteiger partial charge is 0.350 e. The summed E-state index contributed by atoms with van der Waals surface area (Å²) in [6.45, 7) is 4.19. The number of alkyl halides is 1. The van der Waals surface area contributed by atoms with Gasteiger partial charge >= 0.3 is 0 Å². The minimum atomic E-state index is -1.05. The van der Waals surface area contributed by atoms with Gasteiger partial charge < -0.3 is 20.1 Å². The van der Waals surface area contributed by atoms with E-state index in [0.717, 1.165) is 5.52 Å². The quantitative estimate of drug-likeness (QED) is 0.610. The molecule has 0 radical (unpaired) electrons. The van der Waals surface area contributed by atoms with Gasteiger partial charge in [0.05, 0.1) is 35.5 Å². The van der Waals surface area contributed by atoms with Crippen LogP contribution in [0.1, 0.15) is 12.0 Å². The van der Waals surface area contributed by atoms with Crippen LogP contribution in [0.25, 0.3) is 11.0 Å². The summed E-state index contributed by atoms with van der Waals surface area (Å²) in [6, 6.07) is 7.17. The van der Waals surface area contributed by atoms with Crippen LogP contribution >= 0.6 is 0 Å². The molecule has 2 N–H and O–H groups in total. The van der Waals surface area contributed by atoms with E-state index >= 15 is 0 Å². The molecule has 2 aromatic heterocycles. The summed E-state index contributed by atoms with van der Waals surface area (Å²) in [6.07, 6.45) is 3.33. The van der Waals surface area contributed by atoms with E-state index in [9.17, 15) is 9.18 Å². The van der Waals surface area contributed by atoms with Crippen molar-refractivity contribution in [1.29, 1.82) is 5.26 Å². The lowest BCUT2D eigenvalue weighted by Crippen LogP contribution is -2.48. The van der Waals surface area contributed by atoms with Gasteiger partial charge in [0.15, 0.2) is 0 Å². The van der Waals surface area contributed by atoms with Crippen LogP contribution in [-0.2, 0) is 11.8 Å². The summed E-state index contributed by atoms with van der Waals surface area (Å²) in [5.74, 6) is 0.688. The van der Waals surface area contributed by atoms with Gasteiger partial charge in [-0.3, -0.25) is 4.79 Å². The Bertz CT molecular complexity index is 1170. The third-order valence-electron chi connectivity index (χ3n) is 5.11. The summed E-state index contributed by atoms with van der Waals surface area (Å²) >= 11 is 0. The Kier molecular flexibility index (Phi) is 5.49. The molecule has 0 saturated carbocycles. The molecule has 158 valence electrons. The van der Waals surface area contributed by atoms with Crippen LogP contribution in [0.5, 0.6) is 0 Å². The van der Waals surface area contributed by atoms with Crippen LogP contribution in [0.15, 0.2) is 43.2 Å². The maximum Gasteiger partial charge on any atom is 0.247 e. The van der Waals surface area contributed by atoms with Gasteiger partial charge in [0.2, 0.25) is 17.8 Å². The first-order valence-corrected chi connectivity index (χ1v) is 9.74. The number of imidazole rings is 1. The van der Waals surface area contributed by atoms with Crippen molar-refractivity contribution in [1.82, 2.24) is 19.5 Å². The Labute approximate surface area is 178 Å². The van der Waals surface area contributed by atoms with Crippen molar-refractivity contribution in [2.45, 2.75) is 18.6 Å². The van der Waals surface area contributed by atoms with Crippen molar-refractivity contribution in [3.8, 4) is 6.07 Å². The molecule has 31 heavy (non-hydrogen) atoms. The minimum Gasteiger partial charge on any atom is -0.350 e. The summed E-state index contributed by atoms with van der Waals surface area (Å²) < 4.78 is 16.5. The summed E-state index contributed by atoms with van der Waals surface area (Å²) in [7, 11) is 1.88. The van der Waals surface area contributed by atoms with Crippen LogP contribution in [0.2, 0.25) is 0 Å². The minimum absolute atomic E-state index is 0.223. The highest BCUT2D eigenvalue weighted by Crippen LogP contribution is 2.27. The highest BCUT2D eigenvalue weighted by molar-refractivity contribution is 6.00. The van der Waals surface area contributed by atoms with Crippen molar-refractivity contribution < 1.29 is 9.18 Å². The molecule has 3 heterocycles. The molecular formula is C21H21FN8O. The Hall–Kier alpha value is -4.00. The first-order chi connectivity index (χ1) is 15.0. The molecule has 2 atom stereocenters. The van der Waals surface area contributed by atoms with Gasteiger partial charge in [0.25, 0.3) is 0 Å². The number of halogens is 1. The number of fused-ring (bicyclic) bond motifs is 1.